The minimum absolute atomic E-state index is 0.0149. The van der Waals surface area contributed by atoms with Crippen molar-refractivity contribution in [3.8, 4) is 0 Å². The Morgan fingerprint density at radius 1 is 1.29 bits per heavy atom. The Bertz CT molecular complexity index is 792. The van der Waals surface area contributed by atoms with Crippen molar-refractivity contribution < 1.29 is 18.3 Å². The summed E-state index contributed by atoms with van der Waals surface area (Å²) in [6.07, 6.45) is -4.47. The van der Waals surface area contributed by atoms with Crippen LogP contribution in [0.25, 0.3) is 11.0 Å². The Morgan fingerprint density at radius 2 is 1.95 bits per heavy atom. The molecule has 2 aromatic heterocycles. The first-order valence-electron chi connectivity index (χ1n) is 6.06. The van der Waals surface area contributed by atoms with E-state index in [9.17, 15) is 22.8 Å². The second kappa shape index (κ2) is 5.32. The topological polar surface area (TPSA) is 77.1 Å². The molecular formula is C12H12F3N3O3. The highest BCUT2D eigenvalue weighted by Gasteiger charge is 2.33. The number of fused-ring (bicyclic) bond motifs is 1. The first-order valence-corrected chi connectivity index (χ1v) is 6.06. The van der Waals surface area contributed by atoms with Crippen molar-refractivity contribution in [2.75, 3.05) is 6.61 Å². The lowest BCUT2D eigenvalue weighted by Gasteiger charge is -2.11. The van der Waals surface area contributed by atoms with E-state index in [2.05, 4.69) is 4.98 Å². The Balaban J connectivity index is 2.76. The highest BCUT2D eigenvalue weighted by Crippen LogP contribution is 2.28. The minimum atomic E-state index is -4.66. The molecule has 0 aliphatic heterocycles. The molecule has 6 nitrogen and oxygen atoms in total. The predicted octanol–water partition coefficient (Wildman–Crippen LogP) is 0.496. The molecule has 2 aromatic rings. The highest BCUT2D eigenvalue weighted by molar-refractivity contribution is 5.74. The van der Waals surface area contributed by atoms with E-state index in [0.717, 1.165) is 15.2 Å². The van der Waals surface area contributed by atoms with Crippen LogP contribution in [-0.2, 0) is 19.8 Å². The maximum Gasteiger partial charge on any atom is 0.433 e. The molecule has 0 aliphatic rings. The average molecular weight is 303 g/mol. The van der Waals surface area contributed by atoms with E-state index >= 15 is 0 Å². The zero-order valence-corrected chi connectivity index (χ0v) is 11.0. The van der Waals surface area contributed by atoms with Crippen LogP contribution in [0.3, 0.4) is 0 Å². The molecule has 0 amide bonds. The fraction of sp³-hybridized carbons (Fsp3) is 0.417. The maximum absolute atomic E-state index is 12.6. The van der Waals surface area contributed by atoms with Crippen molar-refractivity contribution in [3.63, 3.8) is 0 Å². The molecule has 0 fully saturated rings. The van der Waals surface area contributed by atoms with Gasteiger partial charge < -0.3 is 5.11 Å². The van der Waals surface area contributed by atoms with Gasteiger partial charge >= 0.3 is 11.9 Å². The molecule has 1 N–H and O–H groups in total. The van der Waals surface area contributed by atoms with Crippen LogP contribution in [0.1, 0.15) is 12.1 Å². The summed E-state index contributed by atoms with van der Waals surface area (Å²) in [7, 11) is 1.24. The molecule has 114 valence electrons. The van der Waals surface area contributed by atoms with Gasteiger partial charge in [-0.2, -0.15) is 13.2 Å². The molecule has 0 saturated carbocycles. The minimum Gasteiger partial charge on any atom is -0.396 e. The second-order valence-electron chi connectivity index (χ2n) is 4.44. The van der Waals surface area contributed by atoms with Gasteiger partial charge in [0, 0.05) is 20.2 Å². The number of pyridine rings is 1. The van der Waals surface area contributed by atoms with Gasteiger partial charge in [-0.1, -0.05) is 0 Å². The predicted molar refractivity (Wildman–Crippen MR) is 67.9 cm³/mol. The Labute approximate surface area is 116 Å². The van der Waals surface area contributed by atoms with Crippen LogP contribution in [0.5, 0.6) is 0 Å². The number of aryl methyl sites for hydroxylation is 1. The fourth-order valence-electron chi connectivity index (χ4n) is 1.96. The van der Waals surface area contributed by atoms with Crippen LogP contribution < -0.4 is 11.2 Å². The lowest BCUT2D eigenvalue weighted by molar-refractivity contribution is -0.141. The Kier molecular flexibility index (Phi) is 3.86. The number of alkyl halides is 3. The largest absolute Gasteiger partial charge is 0.433 e. The monoisotopic (exact) mass is 303 g/mol. The van der Waals surface area contributed by atoms with Crippen molar-refractivity contribution in [2.24, 2.45) is 7.05 Å². The third-order valence-corrected chi connectivity index (χ3v) is 3.02. The van der Waals surface area contributed by atoms with Crippen molar-refractivity contribution >= 4 is 11.0 Å². The number of halogens is 3. The molecule has 0 unspecified atom stereocenters. The van der Waals surface area contributed by atoms with Crippen molar-refractivity contribution in [1.82, 2.24) is 14.1 Å². The van der Waals surface area contributed by atoms with Gasteiger partial charge in [-0.15, -0.1) is 0 Å². The van der Waals surface area contributed by atoms with Gasteiger partial charge in [-0.05, 0) is 18.6 Å². The van der Waals surface area contributed by atoms with Gasteiger partial charge in [-0.25, -0.2) is 9.78 Å². The summed E-state index contributed by atoms with van der Waals surface area (Å²) in [6.45, 7) is -0.224. The van der Waals surface area contributed by atoms with Gasteiger partial charge in [0.1, 0.15) is 11.3 Å². The van der Waals surface area contributed by atoms with Gasteiger partial charge in [0.25, 0.3) is 5.56 Å². The van der Waals surface area contributed by atoms with Gasteiger partial charge in [-0.3, -0.25) is 13.9 Å². The van der Waals surface area contributed by atoms with E-state index in [1.54, 1.807) is 0 Å². The van der Waals surface area contributed by atoms with Crippen LogP contribution in [0.2, 0.25) is 0 Å². The average Bonchev–Trinajstić information content (AvgIpc) is 2.43. The van der Waals surface area contributed by atoms with Crippen LogP contribution >= 0.6 is 0 Å². The molecule has 0 aliphatic carbocycles. The number of rotatable bonds is 3. The summed E-state index contributed by atoms with van der Waals surface area (Å²) in [4.78, 5) is 27.5. The third-order valence-electron chi connectivity index (χ3n) is 3.02. The number of aliphatic hydroxyl groups excluding tert-OH is 1. The fourth-order valence-corrected chi connectivity index (χ4v) is 1.96. The Hall–Kier alpha value is -2.16. The number of hydrogen-bond acceptors (Lipinski definition) is 4. The first-order chi connectivity index (χ1) is 9.77. The molecule has 21 heavy (non-hydrogen) atoms. The SMILES string of the molecule is Cn1c(=O)n(CCCO)c(=O)c2ccc(C(F)(F)F)nc21. The molecular weight excluding hydrogens is 291 g/mol. The van der Waals surface area contributed by atoms with Gasteiger partial charge in [0.15, 0.2) is 0 Å². The van der Waals surface area contributed by atoms with Gasteiger partial charge in [0.05, 0.1) is 5.39 Å². The highest BCUT2D eigenvalue weighted by atomic mass is 19.4. The number of hydrogen-bond donors (Lipinski definition) is 1. The first kappa shape index (κ1) is 15.2. The molecule has 9 heteroatoms. The Morgan fingerprint density at radius 3 is 2.52 bits per heavy atom. The quantitative estimate of drug-likeness (QED) is 0.895. The summed E-state index contributed by atoms with van der Waals surface area (Å²) in [5, 5.41) is 8.68. The van der Waals surface area contributed by atoms with Crippen LogP contribution in [0.4, 0.5) is 13.2 Å². The van der Waals surface area contributed by atoms with Crippen molar-refractivity contribution in [2.45, 2.75) is 19.1 Å². The van der Waals surface area contributed by atoms with E-state index < -0.39 is 23.1 Å². The molecule has 2 rings (SSSR count). The summed E-state index contributed by atoms with van der Waals surface area (Å²) < 4.78 is 39.7. The molecule has 0 aromatic carbocycles. The molecule has 0 saturated heterocycles. The summed E-state index contributed by atoms with van der Waals surface area (Å²) in [6, 6.07) is 1.70. The molecule has 0 atom stereocenters. The third kappa shape index (κ3) is 2.68. The van der Waals surface area contributed by atoms with E-state index in [-0.39, 0.29) is 30.6 Å². The molecule has 0 bridgehead atoms. The lowest BCUT2D eigenvalue weighted by atomic mass is 10.2. The number of nitrogens with zero attached hydrogens (tertiary/aromatic N) is 3. The molecule has 2 heterocycles. The molecule has 0 spiro atoms. The van der Waals surface area contributed by atoms with E-state index in [1.165, 1.54) is 7.05 Å². The summed E-state index contributed by atoms with van der Waals surface area (Å²) in [5.74, 6) is 0. The van der Waals surface area contributed by atoms with E-state index in [0.29, 0.717) is 6.07 Å². The summed E-state index contributed by atoms with van der Waals surface area (Å²) >= 11 is 0. The van der Waals surface area contributed by atoms with Crippen LogP contribution in [-0.4, -0.2) is 25.8 Å². The van der Waals surface area contributed by atoms with Crippen LogP contribution in [0, 0.1) is 0 Å². The normalized spacial score (nSPS) is 12.0. The zero-order chi connectivity index (χ0) is 15.8. The number of aromatic nitrogens is 3. The standard InChI is InChI=1S/C12H12F3N3O3/c1-17-9-7(3-4-8(16-9)12(13,14)15)10(20)18(11(17)21)5-2-6-19/h3-4,19H,2,5-6H2,1H3. The zero-order valence-electron chi connectivity index (χ0n) is 11.0. The summed E-state index contributed by atoms with van der Waals surface area (Å²) in [5.41, 5.74) is -2.98. The van der Waals surface area contributed by atoms with Crippen molar-refractivity contribution in [1.29, 1.82) is 0 Å². The molecule has 0 radical (unpaired) electrons. The smallest absolute Gasteiger partial charge is 0.396 e. The second-order valence-corrected chi connectivity index (χ2v) is 4.44. The van der Waals surface area contributed by atoms with E-state index in [4.69, 9.17) is 5.11 Å². The van der Waals surface area contributed by atoms with E-state index in [1.807, 2.05) is 0 Å². The van der Waals surface area contributed by atoms with Crippen molar-refractivity contribution in [3.05, 3.63) is 38.7 Å². The number of aliphatic hydroxyl groups is 1. The maximum atomic E-state index is 12.6. The van der Waals surface area contributed by atoms with Crippen LogP contribution in [0.15, 0.2) is 21.7 Å². The lowest BCUT2D eigenvalue weighted by Crippen LogP contribution is -2.39. The van der Waals surface area contributed by atoms with Gasteiger partial charge in [0.2, 0.25) is 0 Å².